The van der Waals surface area contributed by atoms with Gasteiger partial charge in [-0.1, -0.05) is 11.6 Å². The summed E-state index contributed by atoms with van der Waals surface area (Å²) in [5.41, 5.74) is 1.78. The predicted octanol–water partition coefficient (Wildman–Crippen LogP) is 2.24. The summed E-state index contributed by atoms with van der Waals surface area (Å²) in [5.74, 6) is 0.0568. The van der Waals surface area contributed by atoms with Crippen molar-refractivity contribution in [3.05, 3.63) is 35.0 Å². The van der Waals surface area contributed by atoms with Crippen LogP contribution >= 0.6 is 11.6 Å². The Hall–Kier alpha value is -1.52. The van der Waals surface area contributed by atoms with Crippen LogP contribution in [0, 0.1) is 0 Å². The largest absolute Gasteiger partial charge is 0.464 e. The molecule has 3 rings (SSSR count). The third-order valence-corrected chi connectivity index (χ3v) is 3.40. The van der Waals surface area contributed by atoms with Crippen LogP contribution in [0.2, 0.25) is 5.02 Å². The van der Waals surface area contributed by atoms with E-state index in [0.29, 0.717) is 18.0 Å². The summed E-state index contributed by atoms with van der Waals surface area (Å²) in [6.07, 6.45) is 2.12. The van der Waals surface area contributed by atoms with E-state index in [9.17, 15) is 4.79 Å². The molecule has 1 aliphatic rings. The lowest BCUT2D eigenvalue weighted by Crippen LogP contribution is -2.24. The van der Waals surface area contributed by atoms with Crippen molar-refractivity contribution < 1.29 is 9.21 Å². The average Bonchev–Trinajstić information content (AvgIpc) is 2.64. The molecule has 2 heterocycles. The van der Waals surface area contributed by atoms with Crippen molar-refractivity contribution in [2.24, 2.45) is 0 Å². The molecule has 1 atom stereocenters. The summed E-state index contributed by atoms with van der Waals surface area (Å²) < 4.78 is 5.50. The normalized spacial score (nSPS) is 20.7. The third-order valence-electron chi connectivity index (χ3n) is 3.17. The zero-order valence-corrected chi connectivity index (χ0v) is 10.5. The van der Waals surface area contributed by atoms with Crippen LogP contribution in [0.1, 0.15) is 18.0 Å². The molecule has 5 heteroatoms. The number of fused-ring (bicyclic) bond motifs is 1. The number of furan rings is 1. The van der Waals surface area contributed by atoms with E-state index in [1.165, 1.54) is 0 Å². The first-order chi connectivity index (χ1) is 8.74. The number of carbonyl (C=O) groups is 1. The highest BCUT2D eigenvalue weighted by Crippen LogP contribution is 2.30. The molecule has 2 N–H and O–H groups in total. The van der Waals surface area contributed by atoms with E-state index in [4.69, 9.17) is 16.0 Å². The molecule has 1 unspecified atom stereocenters. The monoisotopic (exact) mass is 264 g/mol. The molecule has 0 spiro atoms. The van der Waals surface area contributed by atoms with Gasteiger partial charge in [-0.15, -0.1) is 0 Å². The van der Waals surface area contributed by atoms with Crippen molar-refractivity contribution in [1.29, 1.82) is 0 Å². The number of amides is 1. The number of hydrogen-bond acceptors (Lipinski definition) is 3. The van der Waals surface area contributed by atoms with Gasteiger partial charge >= 0.3 is 0 Å². The molecular formula is C13H13ClN2O2. The van der Waals surface area contributed by atoms with E-state index in [2.05, 4.69) is 10.6 Å². The summed E-state index contributed by atoms with van der Waals surface area (Å²) in [6, 6.07) is 5.50. The van der Waals surface area contributed by atoms with Crippen molar-refractivity contribution in [1.82, 2.24) is 10.6 Å². The summed E-state index contributed by atoms with van der Waals surface area (Å²) in [6.45, 7) is 1.41. The number of nitrogens with one attached hydrogen (secondary N) is 2. The third kappa shape index (κ3) is 2.09. The molecule has 1 amide bonds. The predicted molar refractivity (Wildman–Crippen MR) is 69.6 cm³/mol. The fraction of sp³-hybridized carbons (Fsp3) is 0.308. The number of benzene rings is 1. The van der Waals surface area contributed by atoms with Crippen LogP contribution in [-0.2, 0) is 4.79 Å². The van der Waals surface area contributed by atoms with E-state index >= 15 is 0 Å². The van der Waals surface area contributed by atoms with Crippen LogP contribution in [0.4, 0.5) is 0 Å². The Balaban J connectivity index is 2.02. The minimum Gasteiger partial charge on any atom is -0.464 e. The van der Waals surface area contributed by atoms with E-state index in [1.807, 2.05) is 12.1 Å². The van der Waals surface area contributed by atoms with Gasteiger partial charge in [-0.25, -0.2) is 0 Å². The molecule has 1 aromatic heterocycles. The first kappa shape index (κ1) is 11.6. The molecule has 0 radical (unpaired) electrons. The van der Waals surface area contributed by atoms with E-state index in [1.54, 1.807) is 12.3 Å². The minimum atomic E-state index is -0.0211. The Morgan fingerprint density at radius 1 is 1.33 bits per heavy atom. The lowest BCUT2D eigenvalue weighted by Gasteiger charge is -2.12. The van der Waals surface area contributed by atoms with Crippen LogP contribution in [-0.4, -0.2) is 19.0 Å². The van der Waals surface area contributed by atoms with Gasteiger partial charge in [0, 0.05) is 41.5 Å². The molecule has 1 saturated heterocycles. The molecular weight excluding hydrogens is 252 g/mol. The number of carbonyl (C=O) groups excluding carboxylic acids is 1. The molecule has 1 fully saturated rings. The lowest BCUT2D eigenvalue weighted by molar-refractivity contribution is -0.121. The Bertz CT molecular complexity index is 594. The van der Waals surface area contributed by atoms with Gasteiger partial charge in [-0.2, -0.15) is 0 Å². The molecule has 0 saturated carbocycles. The molecule has 0 bridgehead atoms. The highest BCUT2D eigenvalue weighted by molar-refractivity contribution is 6.31. The van der Waals surface area contributed by atoms with Gasteiger partial charge in [0.1, 0.15) is 5.58 Å². The van der Waals surface area contributed by atoms with Crippen LogP contribution in [0.3, 0.4) is 0 Å². The lowest BCUT2D eigenvalue weighted by atomic mass is 10.0. The van der Waals surface area contributed by atoms with Crippen LogP contribution in [0.15, 0.2) is 28.9 Å². The first-order valence-corrected chi connectivity index (χ1v) is 6.28. The van der Waals surface area contributed by atoms with Gasteiger partial charge in [0.15, 0.2) is 0 Å². The van der Waals surface area contributed by atoms with E-state index < -0.39 is 0 Å². The number of halogens is 1. The molecule has 18 heavy (non-hydrogen) atoms. The minimum absolute atomic E-state index is 0.0211. The summed E-state index contributed by atoms with van der Waals surface area (Å²) >= 11 is 6.01. The molecule has 2 aromatic rings. The van der Waals surface area contributed by atoms with Crippen LogP contribution in [0.5, 0.6) is 0 Å². The van der Waals surface area contributed by atoms with Gasteiger partial charge in [0.05, 0.1) is 6.26 Å². The SMILES string of the molecule is O=C1CC(c2coc3ccc(Cl)cc23)NCCN1. The Morgan fingerprint density at radius 3 is 3.11 bits per heavy atom. The van der Waals surface area contributed by atoms with Crippen LogP contribution in [0.25, 0.3) is 11.0 Å². The van der Waals surface area contributed by atoms with Crippen molar-refractivity contribution in [2.75, 3.05) is 13.1 Å². The Kier molecular flexibility index (Phi) is 2.97. The highest BCUT2D eigenvalue weighted by Gasteiger charge is 2.22. The van der Waals surface area contributed by atoms with Gasteiger partial charge in [-0.05, 0) is 18.2 Å². The van der Waals surface area contributed by atoms with E-state index in [0.717, 1.165) is 23.1 Å². The van der Waals surface area contributed by atoms with Crippen molar-refractivity contribution >= 4 is 28.5 Å². The fourth-order valence-corrected chi connectivity index (χ4v) is 2.46. The van der Waals surface area contributed by atoms with Gasteiger partial charge in [-0.3, -0.25) is 4.79 Å². The maximum Gasteiger partial charge on any atom is 0.221 e. The van der Waals surface area contributed by atoms with Gasteiger partial charge in [0.2, 0.25) is 5.91 Å². The highest BCUT2D eigenvalue weighted by atomic mass is 35.5. The maximum absolute atomic E-state index is 11.6. The van der Waals surface area contributed by atoms with Crippen LogP contribution < -0.4 is 10.6 Å². The van der Waals surface area contributed by atoms with Crippen molar-refractivity contribution in [3.8, 4) is 0 Å². The molecule has 0 aliphatic carbocycles. The van der Waals surface area contributed by atoms with E-state index in [-0.39, 0.29) is 11.9 Å². The van der Waals surface area contributed by atoms with Crippen molar-refractivity contribution in [2.45, 2.75) is 12.5 Å². The summed E-state index contributed by atoms with van der Waals surface area (Å²) in [5, 5.41) is 7.81. The standard InChI is InChI=1S/C13H13ClN2O2/c14-8-1-2-12-9(5-8)10(7-18-12)11-6-13(17)16-4-3-15-11/h1-2,5,7,11,15H,3-4,6H2,(H,16,17). The second kappa shape index (κ2) is 4.63. The molecule has 94 valence electrons. The second-order valence-electron chi connectivity index (χ2n) is 4.39. The fourth-order valence-electron chi connectivity index (χ4n) is 2.29. The molecule has 4 nitrogen and oxygen atoms in total. The Morgan fingerprint density at radius 2 is 2.22 bits per heavy atom. The quantitative estimate of drug-likeness (QED) is 0.831. The number of rotatable bonds is 1. The topological polar surface area (TPSA) is 54.3 Å². The second-order valence-corrected chi connectivity index (χ2v) is 4.83. The van der Waals surface area contributed by atoms with Gasteiger partial charge in [0.25, 0.3) is 0 Å². The Labute approximate surface area is 109 Å². The smallest absolute Gasteiger partial charge is 0.221 e. The summed E-state index contributed by atoms with van der Waals surface area (Å²) in [7, 11) is 0. The molecule has 1 aliphatic heterocycles. The van der Waals surface area contributed by atoms with Crippen molar-refractivity contribution in [3.63, 3.8) is 0 Å². The first-order valence-electron chi connectivity index (χ1n) is 5.91. The summed E-state index contributed by atoms with van der Waals surface area (Å²) in [4.78, 5) is 11.6. The maximum atomic E-state index is 11.6. The zero-order chi connectivity index (χ0) is 12.5. The average molecular weight is 265 g/mol. The molecule has 1 aromatic carbocycles. The van der Waals surface area contributed by atoms with Gasteiger partial charge < -0.3 is 15.1 Å². The number of hydrogen-bond donors (Lipinski definition) is 2. The zero-order valence-electron chi connectivity index (χ0n) is 9.70.